The molecule has 3 nitrogen and oxygen atoms in total. The monoisotopic (exact) mass is 416 g/mol. The number of rotatable bonds is 12. The first-order valence-corrected chi connectivity index (χ1v) is 11.2. The van der Waals surface area contributed by atoms with Gasteiger partial charge in [0, 0.05) is 25.9 Å². The van der Waals surface area contributed by atoms with E-state index in [1.165, 1.54) is 0 Å². The van der Waals surface area contributed by atoms with Crippen molar-refractivity contribution in [3.63, 3.8) is 0 Å². The van der Waals surface area contributed by atoms with Crippen LogP contribution in [-0.2, 0) is 13.3 Å². The van der Waals surface area contributed by atoms with E-state index in [0.717, 1.165) is 36.7 Å². The second-order valence-corrected chi connectivity index (χ2v) is 10.4. The predicted molar refractivity (Wildman–Crippen MR) is 96.4 cm³/mol. The van der Waals surface area contributed by atoms with Gasteiger partial charge in [-0.25, -0.2) is 0 Å². The number of halogens is 1. The highest BCUT2D eigenvalue weighted by molar-refractivity contribution is 14.1. The van der Waals surface area contributed by atoms with E-state index in [1.54, 1.807) is 0 Å². The molecule has 0 radical (unpaired) electrons. The summed E-state index contributed by atoms with van der Waals surface area (Å²) in [6.07, 6.45) is 1.10. The molecule has 0 heterocycles. The molecule has 0 aromatic rings. The third-order valence-electron chi connectivity index (χ3n) is 2.53. The molecule has 0 aliphatic carbocycles. The van der Waals surface area contributed by atoms with Crippen LogP contribution in [0.25, 0.3) is 0 Å². The van der Waals surface area contributed by atoms with Crippen LogP contribution in [0.4, 0.5) is 0 Å². The molecule has 0 aliphatic heterocycles. The fourth-order valence-electron chi connectivity index (χ4n) is 1.51. The normalized spacial score (nSPS) is 12.9. The van der Waals surface area contributed by atoms with Gasteiger partial charge in [-0.05, 0) is 28.6 Å². The van der Waals surface area contributed by atoms with Gasteiger partial charge in [-0.1, -0.05) is 64.1 Å². The zero-order valence-electron chi connectivity index (χ0n) is 14.1. The molecule has 0 unspecified atom stereocenters. The van der Waals surface area contributed by atoms with E-state index in [9.17, 15) is 0 Å². The van der Waals surface area contributed by atoms with Crippen molar-refractivity contribution >= 4 is 31.4 Å². The van der Waals surface area contributed by atoms with Crippen molar-refractivity contribution in [3.8, 4) is 0 Å². The smallest absolute Gasteiger partial charge is 0.373 e. The molecule has 0 bridgehead atoms. The summed E-state index contributed by atoms with van der Waals surface area (Å²) in [4.78, 5) is 0. The Kier molecular flexibility index (Phi) is 11.9. The van der Waals surface area contributed by atoms with E-state index in [2.05, 4.69) is 64.1 Å². The van der Waals surface area contributed by atoms with Crippen LogP contribution < -0.4 is 0 Å². The van der Waals surface area contributed by atoms with Crippen LogP contribution in [0.1, 0.15) is 48.0 Å². The zero-order chi connectivity index (χ0) is 15.6. The lowest BCUT2D eigenvalue weighted by Gasteiger charge is -2.31. The molecule has 0 aromatic heterocycles. The summed E-state index contributed by atoms with van der Waals surface area (Å²) >= 11 is 2.41. The lowest BCUT2D eigenvalue weighted by Crippen LogP contribution is -2.48. The summed E-state index contributed by atoms with van der Waals surface area (Å²) in [7, 11) is -2.51. The SMILES string of the molecule is CC(C)CO[Si](CCCI)(OCC(C)C)OCC(C)C. The topological polar surface area (TPSA) is 27.7 Å². The summed E-state index contributed by atoms with van der Waals surface area (Å²) in [6, 6.07) is 0.933. The van der Waals surface area contributed by atoms with Gasteiger partial charge in [-0.2, -0.15) is 0 Å². The Balaban J connectivity index is 4.74. The summed E-state index contributed by atoms with van der Waals surface area (Å²) in [5, 5.41) is 0. The van der Waals surface area contributed by atoms with Crippen molar-refractivity contribution in [2.75, 3.05) is 24.2 Å². The predicted octanol–water partition coefficient (Wildman–Crippen LogP) is 4.77. The number of hydrogen-bond donors (Lipinski definition) is 0. The summed E-state index contributed by atoms with van der Waals surface area (Å²) in [5.41, 5.74) is 0. The highest BCUT2D eigenvalue weighted by atomic mass is 127. The molecule has 20 heavy (non-hydrogen) atoms. The van der Waals surface area contributed by atoms with Gasteiger partial charge in [0.2, 0.25) is 0 Å². The first-order valence-electron chi connectivity index (χ1n) is 7.79. The third kappa shape index (κ3) is 10.5. The second-order valence-electron chi connectivity index (χ2n) is 6.59. The van der Waals surface area contributed by atoms with Gasteiger partial charge in [-0.3, -0.25) is 0 Å². The van der Waals surface area contributed by atoms with Crippen molar-refractivity contribution in [3.05, 3.63) is 0 Å². The van der Waals surface area contributed by atoms with Crippen molar-refractivity contribution in [1.82, 2.24) is 0 Å². The fourth-order valence-corrected chi connectivity index (χ4v) is 5.66. The van der Waals surface area contributed by atoms with E-state index in [1.807, 2.05) is 0 Å². The van der Waals surface area contributed by atoms with Crippen LogP contribution in [0, 0.1) is 17.8 Å². The Labute approximate surface area is 140 Å². The van der Waals surface area contributed by atoms with Crippen LogP contribution >= 0.6 is 22.6 Å². The maximum Gasteiger partial charge on any atom is 0.501 e. The number of alkyl halides is 1. The average molecular weight is 416 g/mol. The zero-order valence-corrected chi connectivity index (χ0v) is 17.2. The van der Waals surface area contributed by atoms with Crippen molar-refractivity contribution in [2.24, 2.45) is 17.8 Å². The van der Waals surface area contributed by atoms with Gasteiger partial charge in [0.25, 0.3) is 0 Å². The maximum atomic E-state index is 6.19. The Morgan fingerprint density at radius 3 is 1.35 bits per heavy atom. The first kappa shape index (κ1) is 20.8. The molecule has 122 valence electrons. The fraction of sp³-hybridized carbons (Fsp3) is 1.00. The van der Waals surface area contributed by atoms with Gasteiger partial charge in [-0.15, -0.1) is 0 Å². The van der Waals surface area contributed by atoms with Gasteiger partial charge in [0.05, 0.1) is 0 Å². The van der Waals surface area contributed by atoms with E-state index in [4.69, 9.17) is 13.3 Å². The molecule has 0 atom stereocenters. The van der Waals surface area contributed by atoms with Crippen LogP contribution in [-0.4, -0.2) is 33.1 Å². The second kappa shape index (κ2) is 11.4. The Hall–Kier alpha value is 0.827. The molecule has 5 heteroatoms. The molecule has 0 aromatic carbocycles. The molecular weight excluding hydrogens is 383 g/mol. The number of hydrogen-bond acceptors (Lipinski definition) is 3. The largest absolute Gasteiger partial charge is 0.501 e. The average Bonchev–Trinajstić information content (AvgIpc) is 2.36. The van der Waals surface area contributed by atoms with Crippen LogP contribution in [0.15, 0.2) is 0 Å². The van der Waals surface area contributed by atoms with Gasteiger partial charge in [0.15, 0.2) is 0 Å². The lowest BCUT2D eigenvalue weighted by atomic mass is 10.2. The third-order valence-corrected chi connectivity index (χ3v) is 6.07. The Morgan fingerprint density at radius 2 is 1.10 bits per heavy atom. The van der Waals surface area contributed by atoms with Crippen LogP contribution in [0.2, 0.25) is 6.04 Å². The first-order chi connectivity index (χ1) is 9.31. The molecule has 0 spiro atoms. The van der Waals surface area contributed by atoms with Crippen molar-refractivity contribution in [1.29, 1.82) is 0 Å². The van der Waals surface area contributed by atoms with E-state index in [0.29, 0.717) is 17.8 Å². The Bertz CT molecular complexity index is 204. The highest BCUT2D eigenvalue weighted by Crippen LogP contribution is 2.22. The van der Waals surface area contributed by atoms with E-state index >= 15 is 0 Å². The quantitative estimate of drug-likeness (QED) is 0.261. The maximum absolute atomic E-state index is 6.19. The lowest BCUT2D eigenvalue weighted by molar-refractivity contribution is 0.0367. The molecule has 0 rings (SSSR count). The van der Waals surface area contributed by atoms with Gasteiger partial charge < -0.3 is 13.3 Å². The minimum atomic E-state index is -2.51. The van der Waals surface area contributed by atoms with E-state index in [-0.39, 0.29) is 0 Å². The summed E-state index contributed by atoms with van der Waals surface area (Å²) in [6.45, 7) is 15.2. The molecule has 0 aliphatic rings. The molecule has 0 saturated carbocycles. The molecular formula is C15H33IO3Si. The summed E-state index contributed by atoms with van der Waals surface area (Å²) < 4.78 is 19.7. The molecule has 0 fully saturated rings. The highest BCUT2D eigenvalue weighted by Gasteiger charge is 2.41. The van der Waals surface area contributed by atoms with Gasteiger partial charge in [0.1, 0.15) is 0 Å². The minimum absolute atomic E-state index is 0.506. The van der Waals surface area contributed by atoms with E-state index < -0.39 is 8.80 Å². The molecule has 0 saturated heterocycles. The molecule has 0 amide bonds. The minimum Gasteiger partial charge on any atom is -0.373 e. The van der Waals surface area contributed by atoms with Crippen molar-refractivity contribution < 1.29 is 13.3 Å². The standard InChI is InChI=1S/C15H33IO3Si/c1-13(2)10-17-20(9-7-8-16,18-11-14(3)4)19-12-15(5)6/h13-15H,7-12H2,1-6H3. The van der Waals surface area contributed by atoms with Crippen LogP contribution in [0.5, 0.6) is 0 Å². The molecule has 0 N–H and O–H groups in total. The summed E-state index contributed by atoms with van der Waals surface area (Å²) in [5.74, 6) is 1.52. The van der Waals surface area contributed by atoms with Crippen LogP contribution in [0.3, 0.4) is 0 Å². The Morgan fingerprint density at radius 1 is 0.750 bits per heavy atom. The van der Waals surface area contributed by atoms with Crippen molar-refractivity contribution in [2.45, 2.75) is 54.0 Å². The van der Waals surface area contributed by atoms with Gasteiger partial charge >= 0.3 is 8.80 Å².